The minimum Gasteiger partial charge on any atom is -0.375 e. The van der Waals surface area contributed by atoms with Crippen LogP contribution in [0.5, 0.6) is 0 Å². The van der Waals surface area contributed by atoms with Crippen LogP contribution in [0, 0.1) is 0 Å². The molecule has 0 N–H and O–H groups in total. The lowest BCUT2D eigenvalue weighted by molar-refractivity contribution is -0.128. The molecule has 1 unspecified atom stereocenters. The normalized spacial score (nSPS) is 26.1. The van der Waals surface area contributed by atoms with Crippen LogP contribution in [0.2, 0.25) is 0 Å². The summed E-state index contributed by atoms with van der Waals surface area (Å²) in [5, 5.41) is 2.60. The van der Waals surface area contributed by atoms with Gasteiger partial charge in [0.05, 0.1) is 11.5 Å². The Balaban J connectivity index is 1.26. The number of carbonyl (C=O) groups is 2. The number of ketones is 1. The topological polar surface area (TPSA) is 49.9 Å². The zero-order valence-electron chi connectivity index (χ0n) is 21.4. The lowest BCUT2D eigenvalue weighted by Gasteiger charge is -2.41. The van der Waals surface area contributed by atoms with Crippen molar-refractivity contribution in [1.29, 1.82) is 0 Å². The maximum atomic E-state index is 13.9. The highest BCUT2D eigenvalue weighted by molar-refractivity contribution is 6.10. The second-order valence-electron chi connectivity index (χ2n) is 10.8. The van der Waals surface area contributed by atoms with Crippen LogP contribution in [0.1, 0.15) is 68.4 Å². The monoisotopic (exact) mass is 482 g/mol. The number of hydrogen-bond acceptors (Lipinski definition) is 4. The molecular formula is C31H34N2O3. The number of hydrogen-bond donors (Lipinski definition) is 0. The fraction of sp³-hybridized carbons (Fsp3) is 0.419. The Hall–Kier alpha value is -3.02. The SMILES string of the molecule is CCC(=O)CC1(C)C(=O)N(C2CCN([C@H]3c4cccc5cccc(c45)[C@@H]3OC)CC2)c2ccccc21. The minimum atomic E-state index is -0.773. The standard InChI is InChI=1S/C31H34N2O3/c1-4-22(34)19-31(2)25-13-5-6-14-26(25)33(30(31)35)21-15-17-32(18-16-21)28-23-11-7-9-20-10-8-12-24(27(20)23)29(28)36-3/h5-14,21,28-29H,4,15-19H2,1-3H3/t28-,29-,31?/m0/s1. The van der Waals surface area contributed by atoms with Crippen LogP contribution < -0.4 is 4.90 Å². The number of amides is 1. The molecule has 0 spiro atoms. The molecule has 6 rings (SSSR count). The van der Waals surface area contributed by atoms with E-state index in [1.54, 1.807) is 0 Å². The zero-order valence-corrected chi connectivity index (χ0v) is 21.4. The van der Waals surface area contributed by atoms with Crippen molar-refractivity contribution < 1.29 is 14.3 Å². The van der Waals surface area contributed by atoms with Crippen molar-refractivity contribution in [3.63, 3.8) is 0 Å². The number of anilines is 1. The lowest BCUT2D eigenvalue weighted by atomic mass is 9.79. The van der Waals surface area contributed by atoms with Crippen LogP contribution in [0.15, 0.2) is 60.7 Å². The molecule has 3 aromatic carbocycles. The number of rotatable bonds is 6. The molecule has 3 aliphatic rings. The van der Waals surface area contributed by atoms with E-state index in [9.17, 15) is 9.59 Å². The third-order valence-electron chi connectivity index (χ3n) is 8.79. The third kappa shape index (κ3) is 3.36. The third-order valence-corrected chi connectivity index (χ3v) is 8.79. The Morgan fingerprint density at radius 1 is 1.00 bits per heavy atom. The van der Waals surface area contributed by atoms with Gasteiger partial charge in [-0.05, 0) is 53.3 Å². The van der Waals surface area contributed by atoms with Crippen molar-refractivity contribution in [1.82, 2.24) is 4.90 Å². The summed E-state index contributed by atoms with van der Waals surface area (Å²) in [4.78, 5) is 30.9. The highest BCUT2D eigenvalue weighted by Gasteiger charge is 2.51. The minimum absolute atomic E-state index is 0.0140. The van der Waals surface area contributed by atoms with E-state index in [0.29, 0.717) is 6.42 Å². The first kappa shape index (κ1) is 23.4. The van der Waals surface area contributed by atoms with Gasteiger partial charge >= 0.3 is 0 Å². The maximum Gasteiger partial charge on any atom is 0.238 e. The number of fused-ring (bicyclic) bond motifs is 1. The summed E-state index contributed by atoms with van der Waals surface area (Å²) in [6.45, 7) is 5.63. The van der Waals surface area contributed by atoms with Crippen molar-refractivity contribution in [2.75, 3.05) is 25.1 Å². The van der Waals surface area contributed by atoms with Gasteiger partial charge in [-0.15, -0.1) is 0 Å². The number of benzene rings is 3. The second kappa shape index (κ2) is 8.82. The van der Waals surface area contributed by atoms with Gasteiger partial charge in [0.25, 0.3) is 0 Å². The molecule has 0 saturated carbocycles. The highest BCUT2D eigenvalue weighted by Crippen LogP contribution is 2.50. The van der Waals surface area contributed by atoms with E-state index in [0.717, 1.165) is 37.2 Å². The molecule has 2 heterocycles. The second-order valence-corrected chi connectivity index (χ2v) is 10.8. The summed E-state index contributed by atoms with van der Waals surface area (Å²) in [5.41, 5.74) is 3.83. The average molecular weight is 483 g/mol. The smallest absolute Gasteiger partial charge is 0.238 e. The van der Waals surface area contributed by atoms with Crippen molar-refractivity contribution >= 4 is 28.2 Å². The summed E-state index contributed by atoms with van der Waals surface area (Å²) < 4.78 is 6.08. The highest BCUT2D eigenvalue weighted by atomic mass is 16.5. The number of piperidine rings is 1. The van der Waals surface area contributed by atoms with E-state index in [2.05, 4.69) is 47.4 Å². The first-order valence-corrected chi connectivity index (χ1v) is 13.2. The van der Waals surface area contributed by atoms with Gasteiger partial charge in [0, 0.05) is 44.8 Å². The molecule has 2 aliphatic heterocycles. The zero-order chi connectivity index (χ0) is 25.0. The van der Waals surface area contributed by atoms with Gasteiger partial charge in [0.2, 0.25) is 5.91 Å². The Bertz CT molecular complexity index is 1340. The van der Waals surface area contributed by atoms with Gasteiger partial charge in [-0.2, -0.15) is 0 Å². The Morgan fingerprint density at radius 3 is 2.39 bits per heavy atom. The van der Waals surface area contributed by atoms with Gasteiger partial charge in [0.15, 0.2) is 0 Å². The maximum absolute atomic E-state index is 13.9. The molecule has 1 aliphatic carbocycles. The fourth-order valence-electron chi connectivity index (χ4n) is 6.98. The van der Waals surface area contributed by atoms with Crippen LogP contribution in [0.25, 0.3) is 10.8 Å². The number of Topliss-reactive ketones (excluding diaryl/α,β-unsaturated/α-hetero) is 1. The molecule has 1 fully saturated rings. The number of nitrogens with zero attached hydrogens (tertiary/aromatic N) is 2. The van der Waals surface area contributed by atoms with Crippen LogP contribution in [0.3, 0.4) is 0 Å². The summed E-state index contributed by atoms with van der Waals surface area (Å²) >= 11 is 0. The number of likely N-dealkylation sites (tertiary alicyclic amines) is 1. The van der Waals surface area contributed by atoms with Crippen molar-refractivity contribution in [3.05, 3.63) is 77.4 Å². The molecule has 3 aromatic rings. The molecule has 5 nitrogen and oxygen atoms in total. The molecule has 0 radical (unpaired) electrons. The van der Waals surface area contributed by atoms with Gasteiger partial charge < -0.3 is 9.64 Å². The summed E-state index contributed by atoms with van der Waals surface area (Å²) in [5.74, 6) is 0.217. The van der Waals surface area contributed by atoms with Gasteiger partial charge in [-0.25, -0.2) is 0 Å². The molecule has 5 heteroatoms. The van der Waals surface area contributed by atoms with Gasteiger partial charge in [-0.1, -0.05) is 61.5 Å². The summed E-state index contributed by atoms with van der Waals surface area (Å²) in [6.07, 6.45) is 2.55. The first-order chi connectivity index (χ1) is 17.5. The molecular weight excluding hydrogens is 448 g/mol. The van der Waals surface area contributed by atoms with E-state index >= 15 is 0 Å². The largest absolute Gasteiger partial charge is 0.375 e. The van der Waals surface area contributed by atoms with Gasteiger partial charge in [-0.3, -0.25) is 14.5 Å². The molecule has 1 amide bonds. The van der Waals surface area contributed by atoms with E-state index < -0.39 is 5.41 Å². The molecule has 0 aromatic heterocycles. The Morgan fingerprint density at radius 2 is 1.69 bits per heavy atom. The van der Waals surface area contributed by atoms with Gasteiger partial charge in [0.1, 0.15) is 11.9 Å². The average Bonchev–Trinajstić information content (AvgIpc) is 3.35. The Kier molecular flexibility index (Phi) is 5.73. The predicted octanol–water partition coefficient (Wildman–Crippen LogP) is 5.72. The Labute approximate surface area is 213 Å². The van der Waals surface area contributed by atoms with Crippen molar-refractivity contribution in [2.24, 2.45) is 0 Å². The number of methoxy groups -OCH3 is 1. The van der Waals surface area contributed by atoms with Crippen LogP contribution in [-0.4, -0.2) is 42.8 Å². The number of ether oxygens (including phenoxy) is 1. The van der Waals surface area contributed by atoms with E-state index in [1.807, 2.05) is 44.1 Å². The van der Waals surface area contributed by atoms with E-state index in [4.69, 9.17) is 4.74 Å². The van der Waals surface area contributed by atoms with Crippen LogP contribution in [-0.2, 0) is 19.7 Å². The molecule has 186 valence electrons. The van der Waals surface area contributed by atoms with E-state index in [1.165, 1.54) is 21.9 Å². The van der Waals surface area contributed by atoms with Crippen molar-refractivity contribution in [2.45, 2.75) is 63.1 Å². The molecule has 3 atom stereocenters. The molecule has 0 bridgehead atoms. The predicted molar refractivity (Wildman–Crippen MR) is 142 cm³/mol. The van der Waals surface area contributed by atoms with E-state index in [-0.39, 0.29) is 36.3 Å². The van der Waals surface area contributed by atoms with Crippen LogP contribution in [0.4, 0.5) is 5.69 Å². The summed E-state index contributed by atoms with van der Waals surface area (Å²) in [7, 11) is 1.81. The lowest BCUT2D eigenvalue weighted by Crippen LogP contribution is -2.50. The molecule has 1 saturated heterocycles. The number of carbonyl (C=O) groups excluding carboxylic acids is 2. The molecule has 36 heavy (non-hydrogen) atoms. The summed E-state index contributed by atoms with van der Waals surface area (Å²) in [6, 6.07) is 21.5. The quantitative estimate of drug-likeness (QED) is 0.451. The van der Waals surface area contributed by atoms with Crippen LogP contribution >= 0.6 is 0 Å². The number of para-hydroxylation sites is 1. The van der Waals surface area contributed by atoms with Crippen molar-refractivity contribution in [3.8, 4) is 0 Å². The fourth-order valence-corrected chi connectivity index (χ4v) is 6.98. The first-order valence-electron chi connectivity index (χ1n) is 13.2.